The van der Waals surface area contributed by atoms with Gasteiger partial charge in [-0.05, 0) is 38.3 Å². The zero-order chi connectivity index (χ0) is 14.8. The first kappa shape index (κ1) is 14.7. The molecule has 1 aliphatic carbocycles. The average molecular weight is 305 g/mol. The second-order valence-corrected chi connectivity index (χ2v) is 7.30. The molecule has 1 saturated carbocycles. The first-order chi connectivity index (χ1) is 10.1. The van der Waals surface area contributed by atoms with Crippen molar-refractivity contribution >= 4 is 21.6 Å². The van der Waals surface area contributed by atoms with Crippen LogP contribution in [0.4, 0.5) is 0 Å². The molecule has 2 aromatic heterocycles. The van der Waals surface area contributed by atoms with Crippen LogP contribution in [-0.4, -0.2) is 16.5 Å². The van der Waals surface area contributed by atoms with Crippen molar-refractivity contribution in [2.45, 2.75) is 52.5 Å². The summed E-state index contributed by atoms with van der Waals surface area (Å²) in [6, 6.07) is 0. The fraction of sp³-hybridized carbons (Fsp3) is 0.625. The van der Waals surface area contributed by atoms with E-state index in [2.05, 4.69) is 15.3 Å². The maximum atomic E-state index is 12.2. The van der Waals surface area contributed by atoms with Crippen LogP contribution in [0.1, 0.15) is 48.4 Å². The Labute approximate surface area is 129 Å². The third-order valence-electron chi connectivity index (χ3n) is 4.58. The largest absolute Gasteiger partial charge is 0.310 e. The molecule has 1 aliphatic rings. The number of nitrogens with one attached hydrogen (secondary N) is 2. The van der Waals surface area contributed by atoms with Gasteiger partial charge in [0.1, 0.15) is 10.7 Å². The first-order valence-electron chi connectivity index (χ1n) is 7.84. The van der Waals surface area contributed by atoms with E-state index in [0.29, 0.717) is 6.54 Å². The molecule has 0 radical (unpaired) electrons. The van der Waals surface area contributed by atoms with Crippen LogP contribution in [0.25, 0.3) is 10.2 Å². The zero-order valence-corrected chi connectivity index (χ0v) is 13.6. The van der Waals surface area contributed by atoms with Crippen LogP contribution in [0.3, 0.4) is 0 Å². The third-order valence-corrected chi connectivity index (χ3v) is 5.69. The summed E-state index contributed by atoms with van der Waals surface area (Å²) in [5.74, 6) is 1.65. The normalized spacial score (nSPS) is 16.1. The number of fused-ring (bicyclic) bond motifs is 1. The average Bonchev–Trinajstić information content (AvgIpc) is 3.04. The number of aryl methyl sites for hydroxylation is 2. The van der Waals surface area contributed by atoms with E-state index < -0.39 is 0 Å². The van der Waals surface area contributed by atoms with Gasteiger partial charge in [-0.1, -0.05) is 25.7 Å². The Bertz CT molecular complexity index is 683. The monoisotopic (exact) mass is 305 g/mol. The minimum absolute atomic E-state index is 0.00515. The van der Waals surface area contributed by atoms with Crippen LogP contribution in [-0.2, 0) is 6.54 Å². The third kappa shape index (κ3) is 3.19. The number of nitrogens with zero attached hydrogens (tertiary/aromatic N) is 1. The van der Waals surface area contributed by atoms with Crippen LogP contribution >= 0.6 is 11.3 Å². The Hall–Kier alpha value is -1.20. The lowest BCUT2D eigenvalue weighted by atomic mass is 10.0. The van der Waals surface area contributed by atoms with Crippen molar-refractivity contribution in [1.29, 1.82) is 0 Å². The molecule has 21 heavy (non-hydrogen) atoms. The summed E-state index contributed by atoms with van der Waals surface area (Å²) in [7, 11) is 0. The second kappa shape index (κ2) is 6.28. The van der Waals surface area contributed by atoms with E-state index in [1.165, 1.54) is 37.0 Å². The SMILES string of the molecule is Cc1sc2nc(CNCCC3CCCC3)[nH]c(=O)c2c1C. The molecule has 0 saturated heterocycles. The molecular formula is C16H23N3OS. The van der Waals surface area contributed by atoms with Crippen molar-refractivity contribution in [2.75, 3.05) is 6.54 Å². The Morgan fingerprint density at radius 2 is 2.10 bits per heavy atom. The Morgan fingerprint density at radius 1 is 1.33 bits per heavy atom. The van der Waals surface area contributed by atoms with Crippen molar-refractivity contribution in [1.82, 2.24) is 15.3 Å². The van der Waals surface area contributed by atoms with Crippen molar-refractivity contribution in [2.24, 2.45) is 5.92 Å². The predicted molar refractivity (Wildman–Crippen MR) is 88.0 cm³/mol. The van der Waals surface area contributed by atoms with Gasteiger partial charge in [0, 0.05) is 4.88 Å². The second-order valence-electron chi connectivity index (χ2n) is 6.09. The van der Waals surface area contributed by atoms with Gasteiger partial charge < -0.3 is 10.3 Å². The van der Waals surface area contributed by atoms with Crippen molar-refractivity contribution in [3.63, 3.8) is 0 Å². The summed E-state index contributed by atoms with van der Waals surface area (Å²) in [5, 5.41) is 4.17. The summed E-state index contributed by atoms with van der Waals surface area (Å²) < 4.78 is 0. The highest BCUT2D eigenvalue weighted by Crippen LogP contribution is 2.27. The van der Waals surface area contributed by atoms with Crippen LogP contribution < -0.4 is 10.9 Å². The minimum Gasteiger partial charge on any atom is -0.310 e. The molecule has 114 valence electrons. The summed E-state index contributed by atoms with van der Waals surface area (Å²) >= 11 is 1.61. The van der Waals surface area contributed by atoms with Gasteiger partial charge in [-0.25, -0.2) is 4.98 Å². The van der Waals surface area contributed by atoms with Gasteiger partial charge in [-0.2, -0.15) is 0 Å². The Kier molecular flexibility index (Phi) is 4.40. The highest BCUT2D eigenvalue weighted by atomic mass is 32.1. The van der Waals surface area contributed by atoms with E-state index in [-0.39, 0.29) is 5.56 Å². The minimum atomic E-state index is -0.00515. The van der Waals surface area contributed by atoms with E-state index in [9.17, 15) is 4.79 Å². The van der Waals surface area contributed by atoms with Gasteiger partial charge in [0.05, 0.1) is 11.9 Å². The molecule has 0 bridgehead atoms. The predicted octanol–water partition coefficient (Wildman–Crippen LogP) is 3.27. The molecule has 0 spiro atoms. The number of aromatic amines is 1. The molecule has 2 aromatic rings. The van der Waals surface area contributed by atoms with Crippen LogP contribution in [0.5, 0.6) is 0 Å². The zero-order valence-electron chi connectivity index (χ0n) is 12.8. The smallest absolute Gasteiger partial charge is 0.259 e. The fourth-order valence-corrected chi connectivity index (χ4v) is 4.24. The van der Waals surface area contributed by atoms with E-state index >= 15 is 0 Å². The molecule has 0 unspecified atom stereocenters. The molecule has 2 heterocycles. The lowest BCUT2D eigenvalue weighted by Crippen LogP contribution is -2.21. The molecular weight excluding hydrogens is 282 g/mol. The molecule has 3 rings (SSSR count). The highest BCUT2D eigenvalue weighted by Gasteiger charge is 2.14. The highest BCUT2D eigenvalue weighted by molar-refractivity contribution is 7.18. The Morgan fingerprint density at radius 3 is 2.86 bits per heavy atom. The molecule has 0 amide bonds. The van der Waals surface area contributed by atoms with Crippen LogP contribution in [0.2, 0.25) is 0 Å². The van der Waals surface area contributed by atoms with E-state index in [4.69, 9.17) is 0 Å². The molecule has 0 aromatic carbocycles. The summed E-state index contributed by atoms with van der Waals surface area (Å²) in [6.07, 6.45) is 6.80. The Balaban J connectivity index is 1.63. The van der Waals surface area contributed by atoms with Gasteiger partial charge in [0.15, 0.2) is 0 Å². The van der Waals surface area contributed by atoms with Crippen molar-refractivity contribution < 1.29 is 0 Å². The van der Waals surface area contributed by atoms with Gasteiger partial charge in [0.25, 0.3) is 5.56 Å². The first-order valence-corrected chi connectivity index (χ1v) is 8.66. The van der Waals surface area contributed by atoms with E-state index in [1.54, 1.807) is 11.3 Å². The van der Waals surface area contributed by atoms with Crippen molar-refractivity contribution in [3.05, 3.63) is 26.6 Å². The summed E-state index contributed by atoms with van der Waals surface area (Å²) in [4.78, 5) is 21.7. The van der Waals surface area contributed by atoms with E-state index in [1.807, 2.05) is 13.8 Å². The standard InChI is InChI=1S/C16H23N3OS/c1-10-11(2)21-16-14(10)15(20)18-13(19-16)9-17-8-7-12-5-3-4-6-12/h12,17H,3-9H2,1-2H3,(H,18,19,20). The number of rotatable bonds is 5. The van der Waals surface area contributed by atoms with Gasteiger partial charge in [-0.3, -0.25) is 4.79 Å². The molecule has 0 aliphatic heterocycles. The molecule has 1 fully saturated rings. The maximum absolute atomic E-state index is 12.2. The quantitative estimate of drug-likeness (QED) is 0.834. The summed E-state index contributed by atoms with van der Waals surface area (Å²) in [6.45, 7) is 5.69. The molecule has 4 nitrogen and oxygen atoms in total. The van der Waals surface area contributed by atoms with Crippen LogP contribution in [0, 0.1) is 19.8 Å². The molecule has 5 heteroatoms. The molecule has 2 N–H and O–H groups in total. The topological polar surface area (TPSA) is 57.8 Å². The number of hydrogen-bond acceptors (Lipinski definition) is 4. The fourth-order valence-electron chi connectivity index (χ4n) is 3.19. The maximum Gasteiger partial charge on any atom is 0.259 e. The van der Waals surface area contributed by atoms with Gasteiger partial charge in [-0.15, -0.1) is 11.3 Å². The lowest BCUT2D eigenvalue weighted by Gasteiger charge is -2.09. The van der Waals surface area contributed by atoms with Crippen molar-refractivity contribution in [3.8, 4) is 0 Å². The van der Waals surface area contributed by atoms with E-state index in [0.717, 1.165) is 34.1 Å². The molecule has 0 atom stereocenters. The van der Waals surface area contributed by atoms with Gasteiger partial charge in [0.2, 0.25) is 0 Å². The number of thiophene rings is 1. The summed E-state index contributed by atoms with van der Waals surface area (Å²) in [5.41, 5.74) is 1.05. The number of aromatic nitrogens is 2. The van der Waals surface area contributed by atoms with Gasteiger partial charge >= 0.3 is 0 Å². The number of hydrogen-bond donors (Lipinski definition) is 2. The lowest BCUT2D eigenvalue weighted by molar-refractivity contribution is 0.474. The van der Waals surface area contributed by atoms with Crippen LogP contribution in [0.15, 0.2) is 4.79 Å². The number of H-pyrrole nitrogens is 1.